The van der Waals surface area contributed by atoms with Gasteiger partial charge in [-0.25, -0.2) is 0 Å². The van der Waals surface area contributed by atoms with Gasteiger partial charge in [-0.3, -0.25) is 9.59 Å². The number of hydrogen-bond donors (Lipinski definition) is 1. The molecule has 126 valence electrons. The number of nitrogens with one attached hydrogen (secondary N) is 1. The van der Waals surface area contributed by atoms with Gasteiger partial charge in [0, 0.05) is 18.3 Å². The Hall–Kier alpha value is -2.62. The molecule has 0 heterocycles. The highest BCUT2D eigenvalue weighted by Crippen LogP contribution is 2.22. The molecule has 4 nitrogen and oxygen atoms in total. The summed E-state index contributed by atoms with van der Waals surface area (Å²) in [6, 6.07) is 11.7. The predicted octanol–water partition coefficient (Wildman–Crippen LogP) is 3.91. The molecule has 2 amide bonds. The number of aryl methyl sites for hydroxylation is 4. The van der Waals surface area contributed by atoms with Crippen molar-refractivity contribution in [2.45, 2.75) is 34.6 Å². The average molecular weight is 324 g/mol. The third kappa shape index (κ3) is 4.22. The van der Waals surface area contributed by atoms with E-state index in [-0.39, 0.29) is 18.4 Å². The van der Waals surface area contributed by atoms with Crippen molar-refractivity contribution >= 4 is 23.2 Å². The Kier molecular flexibility index (Phi) is 5.39. The van der Waals surface area contributed by atoms with Crippen LogP contribution in [0, 0.1) is 27.7 Å². The third-order valence-corrected chi connectivity index (χ3v) is 3.99. The highest BCUT2D eigenvalue weighted by Gasteiger charge is 2.18. The van der Waals surface area contributed by atoms with Gasteiger partial charge in [-0.15, -0.1) is 0 Å². The lowest BCUT2D eigenvalue weighted by Crippen LogP contribution is -2.37. The molecule has 2 aromatic rings. The molecule has 0 saturated carbocycles. The number of amides is 2. The van der Waals surface area contributed by atoms with Crippen molar-refractivity contribution in [3.8, 4) is 0 Å². The van der Waals surface area contributed by atoms with Crippen LogP contribution in [0.4, 0.5) is 11.4 Å². The molecule has 0 aromatic heterocycles. The van der Waals surface area contributed by atoms with Crippen molar-refractivity contribution in [2.75, 3.05) is 16.8 Å². The van der Waals surface area contributed by atoms with Crippen molar-refractivity contribution in [1.82, 2.24) is 0 Å². The number of anilines is 2. The molecule has 0 bridgehead atoms. The second-order valence-electron chi connectivity index (χ2n) is 6.26. The smallest absolute Gasteiger partial charge is 0.244 e. The Morgan fingerprint density at radius 1 is 0.917 bits per heavy atom. The van der Waals surface area contributed by atoms with Gasteiger partial charge in [-0.2, -0.15) is 0 Å². The maximum Gasteiger partial charge on any atom is 0.244 e. The van der Waals surface area contributed by atoms with Crippen LogP contribution in [0.5, 0.6) is 0 Å². The van der Waals surface area contributed by atoms with Gasteiger partial charge in [0.25, 0.3) is 0 Å². The summed E-state index contributed by atoms with van der Waals surface area (Å²) in [7, 11) is 0. The topological polar surface area (TPSA) is 49.4 Å². The molecular formula is C20H24N2O2. The van der Waals surface area contributed by atoms with Crippen LogP contribution in [0.25, 0.3) is 0 Å². The number of rotatable bonds is 4. The molecule has 4 heteroatoms. The fourth-order valence-corrected chi connectivity index (χ4v) is 2.66. The standard InChI is InChI=1S/C20H24N2O2/c1-13-7-9-18(16(4)10-13)21-20(24)12-22(17(5)23)19-11-14(2)6-8-15(19)3/h6-11H,12H2,1-5H3,(H,21,24). The zero-order chi connectivity index (χ0) is 17.9. The molecule has 2 aromatic carbocycles. The molecule has 24 heavy (non-hydrogen) atoms. The minimum absolute atomic E-state index is 0.00700. The van der Waals surface area contributed by atoms with Crippen molar-refractivity contribution in [1.29, 1.82) is 0 Å². The van der Waals surface area contributed by atoms with E-state index in [9.17, 15) is 9.59 Å². The van der Waals surface area contributed by atoms with Crippen LogP contribution in [-0.2, 0) is 9.59 Å². The van der Waals surface area contributed by atoms with Gasteiger partial charge < -0.3 is 10.2 Å². The van der Waals surface area contributed by atoms with E-state index in [2.05, 4.69) is 5.32 Å². The van der Waals surface area contributed by atoms with E-state index in [1.54, 1.807) is 0 Å². The van der Waals surface area contributed by atoms with E-state index in [1.807, 2.05) is 64.1 Å². The van der Waals surface area contributed by atoms with E-state index >= 15 is 0 Å². The summed E-state index contributed by atoms with van der Waals surface area (Å²) in [6.45, 7) is 9.34. The molecule has 0 saturated heterocycles. The summed E-state index contributed by atoms with van der Waals surface area (Å²) in [5.74, 6) is -0.363. The molecule has 1 N–H and O–H groups in total. The highest BCUT2D eigenvalue weighted by atomic mass is 16.2. The van der Waals surface area contributed by atoms with E-state index in [0.29, 0.717) is 0 Å². The van der Waals surface area contributed by atoms with Gasteiger partial charge in [-0.1, -0.05) is 29.8 Å². The monoisotopic (exact) mass is 324 g/mol. The molecular weight excluding hydrogens is 300 g/mol. The maximum atomic E-state index is 12.4. The molecule has 0 radical (unpaired) electrons. The summed E-state index contributed by atoms with van der Waals surface area (Å²) < 4.78 is 0. The first-order valence-corrected chi connectivity index (χ1v) is 8.00. The maximum absolute atomic E-state index is 12.4. The Labute approximate surface area is 143 Å². The first-order valence-electron chi connectivity index (χ1n) is 8.00. The summed E-state index contributed by atoms with van der Waals surface area (Å²) in [5.41, 5.74) is 5.72. The zero-order valence-corrected chi connectivity index (χ0v) is 14.9. The lowest BCUT2D eigenvalue weighted by molar-refractivity contribution is -0.120. The second-order valence-corrected chi connectivity index (χ2v) is 6.26. The summed E-state index contributed by atoms with van der Waals surface area (Å²) >= 11 is 0. The first-order chi connectivity index (χ1) is 11.3. The number of carbonyl (C=O) groups is 2. The van der Waals surface area contributed by atoms with E-state index in [1.165, 1.54) is 11.8 Å². The normalized spacial score (nSPS) is 10.4. The largest absolute Gasteiger partial charge is 0.324 e. The van der Waals surface area contributed by atoms with Crippen LogP contribution >= 0.6 is 0 Å². The fourth-order valence-electron chi connectivity index (χ4n) is 2.66. The molecule has 2 rings (SSSR count). The predicted molar refractivity (Wildman–Crippen MR) is 98.5 cm³/mol. The van der Waals surface area contributed by atoms with Gasteiger partial charge in [0.2, 0.25) is 11.8 Å². The average Bonchev–Trinajstić information content (AvgIpc) is 2.50. The number of hydrogen-bond acceptors (Lipinski definition) is 2. The second kappa shape index (κ2) is 7.30. The molecule has 0 fully saturated rings. The molecule has 0 aliphatic heterocycles. The zero-order valence-electron chi connectivity index (χ0n) is 14.9. The summed E-state index contributed by atoms with van der Waals surface area (Å²) in [4.78, 5) is 26.0. The van der Waals surface area contributed by atoms with Crippen LogP contribution in [0.3, 0.4) is 0 Å². The quantitative estimate of drug-likeness (QED) is 0.927. The van der Waals surface area contributed by atoms with Gasteiger partial charge in [0.05, 0.1) is 0 Å². The van der Waals surface area contributed by atoms with Crippen LogP contribution in [0.2, 0.25) is 0 Å². The van der Waals surface area contributed by atoms with Crippen molar-refractivity contribution < 1.29 is 9.59 Å². The number of nitrogens with zero attached hydrogens (tertiary/aromatic N) is 1. The molecule has 0 spiro atoms. The van der Waals surface area contributed by atoms with Gasteiger partial charge in [-0.05, 0) is 56.5 Å². The minimum atomic E-state index is -0.210. The Balaban J connectivity index is 2.20. The van der Waals surface area contributed by atoms with Crippen molar-refractivity contribution in [3.05, 3.63) is 58.7 Å². The summed E-state index contributed by atoms with van der Waals surface area (Å²) in [5, 5.41) is 2.89. The van der Waals surface area contributed by atoms with E-state index in [0.717, 1.165) is 33.6 Å². The SMILES string of the molecule is CC(=O)N(CC(=O)Nc1ccc(C)cc1C)c1cc(C)ccc1C. The minimum Gasteiger partial charge on any atom is -0.324 e. The summed E-state index contributed by atoms with van der Waals surface area (Å²) in [6.07, 6.45) is 0. The molecule has 0 aliphatic rings. The van der Waals surface area contributed by atoms with Crippen LogP contribution in [0.15, 0.2) is 36.4 Å². The van der Waals surface area contributed by atoms with Gasteiger partial charge in [0.15, 0.2) is 0 Å². The van der Waals surface area contributed by atoms with Crippen LogP contribution in [0.1, 0.15) is 29.2 Å². The van der Waals surface area contributed by atoms with Crippen molar-refractivity contribution in [3.63, 3.8) is 0 Å². The van der Waals surface area contributed by atoms with E-state index < -0.39 is 0 Å². The third-order valence-electron chi connectivity index (χ3n) is 3.99. The number of carbonyl (C=O) groups excluding carboxylic acids is 2. The van der Waals surface area contributed by atoms with Crippen LogP contribution in [-0.4, -0.2) is 18.4 Å². The molecule has 0 aliphatic carbocycles. The molecule has 0 atom stereocenters. The highest BCUT2D eigenvalue weighted by molar-refractivity contribution is 6.02. The lowest BCUT2D eigenvalue weighted by atomic mass is 10.1. The fraction of sp³-hybridized carbons (Fsp3) is 0.300. The Bertz CT molecular complexity index is 781. The van der Waals surface area contributed by atoms with Gasteiger partial charge in [0.1, 0.15) is 6.54 Å². The van der Waals surface area contributed by atoms with Crippen molar-refractivity contribution in [2.24, 2.45) is 0 Å². The van der Waals surface area contributed by atoms with Gasteiger partial charge >= 0.3 is 0 Å². The molecule has 0 unspecified atom stereocenters. The van der Waals surface area contributed by atoms with Crippen LogP contribution < -0.4 is 10.2 Å². The number of benzene rings is 2. The Morgan fingerprint density at radius 2 is 1.54 bits per heavy atom. The van der Waals surface area contributed by atoms with E-state index in [4.69, 9.17) is 0 Å². The lowest BCUT2D eigenvalue weighted by Gasteiger charge is -2.23. The Morgan fingerprint density at radius 3 is 2.17 bits per heavy atom. The first kappa shape index (κ1) is 17.7.